The van der Waals surface area contributed by atoms with Crippen molar-refractivity contribution in [3.05, 3.63) is 41.7 Å². The maximum Gasteiger partial charge on any atom is 0.573 e. The van der Waals surface area contributed by atoms with Gasteiger partial charge in [0, 0.05) is 24.1 Å². The van der Waals surface area contributed by atoms with E-state index < -0.39 is 12.1 Å². The Balaban J connectivity index is 1.85. The quantitative estimate of drug-likeness (QED) is 0.673. The molecule has 3 rings (SSSR count). The summed E-state index contributed by atoms with van der Waals surface area (Å²) in [7, 11) is 1.27. The number of fused-ring (bicyclic) bond motifs is 1. The Hall–Kier alpha value is -2.42. The van der Waals surface area contributed by atoms with Gasteiger partial charge in [-0.2, -0.15) is 0 Å². The third kappa shape index (κ3) is 4.16. The van der Waals surface area contributed by atoms with Crippen molar-refractivity contribution in [3.8, 4) is 11.5 Å². The molecule has 0 saturated heterocycles. The molecule has 25 heavy (non-hydrogen) atoms. The molecular formula is C16H14F3N3O2S. The molecule has 2 heterocycles. The lowest BCUT2D eigenvalue weighted by atomic mass is 10.2. The number of pyridine rings is 1. The molecule has 0 bridgehead atoms. The molecular weight excluding hydrogens is 355 g/mol. The molecule has 0 unspecified atom stereocenters. The number of aromatic nitrogens is 3. The lowest BCUT2D eigenvalue weighted by Gasteiger charge is -2.12. The van der Waals surface area contributed by atoms with E-state index in [1.54, 1.807) is 6.20 Å². The number of aromatic amines is 1. The van der Waals surface area contributed by atoms with Crippen LogP contribution in [0.4, 0.5) is 13.2 Å². The Morgan fingerprint density at radius 1 is 1.24 bits per heavy atom. The summed E-state index contributed by atoms with van der Waals surface area (Å²) in [5.74, 6) is 0.145. The monoisotopic (exact) mass is 369 g/mol. The van der Waals surface area contributed by atoms with Crippen molar-refractivity contribution in [1.82, 2.24) is 15.0 Å². The highest BCUT2D eigenvalue weighted by Gasteiger charge is 2.32. The van der Waals surface area contributed by atoms with Crippen LogP contribution in [-0.4, -0.2) is 28.4 Å². The van der Waals surface area contributed by atoms with Gasteiger partial charge >= 0.3 is 6.36 Å². The molecule has 0 amide bonds. The molecule has 0 atom stereocenters. The number of thioether (sulfide) groups is 1. The van der Waals surface area contributed by atoms with Crippen LogP contribution in [0.3, 0.4) is 0 Å². The zero-order valence-corrected chi connectivity index (χ0v) is 14.2. The average Bonchev–Trinajstić information content (AvgIpc) is 2.93. The summed E-state index contributed by atoms with van der Waals surface area (Å²) >= 11 is 1.41. The van der Waals surface area contributed by atoms with Gasteiger partial charge in [0.25, 0.3) is 0 Å². The number of nitrogens with zero attached hydrogens (tertiary/aromatic N) is 2. The number of nitrogens with one attached hydrogen (secondary N) is 1. The molecule has 1 N–H and O–H groups in total. The van der Waals surface area contributed by atoms with Gasteiger partial charge in [-0.1, -0.05) is 17.8 Å². The number of rotatable bonds is 5. The summed E-state index contributed by atoms with van der Waals surface area (Å²) < 4.78 is 46.4. The number of hydrogen-bond acceptors (Lipinski definition) is 5. The van der Waals surface area contributed by atoms with Crippen LogP contribution < -0.4 is 9.47 Å². The molecule has 3 aromatic rings. The summed E-state index contributed by atoms with van der Waals surface area (Å²) in [6.45, 7) is 1.97. The van der Waals surface area contributed by atoms with E-state index in [0.29, 0.717) is 21.9 Å². The van der Waals surface area contributed by atoms with E-state index in [4.69, 9.17) is 4.74 Å². The largest absolute Gasteiger partial charge is 0.573 e. The summed E-state index contributed by atoms with van der Waals surface area (Å²) in [5, 5.41) is 0.575. The highest BCUT2D eigenvalue weighted by atomic mass is 32.2. The zero-order valence-electron chi connectivity index (χ0n) is 13.3. The summed E-state index contributed by atoms with van der Waals surface area (Å²) in [5.41, 5.74) is 2.91. The fraction of sp³-hybridized carbons (Fsp3) is 0.250. The number of alkyl halides is 3. The minimum absolute atomic E-state index is 0.0338. The van der Waals surface area contributed by atoms with Gasteiger partial charge in [0.15, 0.2) is 16.7 Å². The van der Waals surface area contributed by atoms with E-state index in [-0.39, 0.29) is 5.75 Å². The molecule has 0 fully saturated rings. The number of imidazole rings is 1. The lowest BCUT2D eigenvalue weighted by molar-refractivity contribution is -0.275. The Morgan fingerprint density at radius 2 is 2.04 bits per heavy atom. The number of aryl methyl sites for hydroxylation is 1. The van der Waals surface area contributed by atoms with Crippen LogP contribution >= 0.6 is 11.8 Å². The van der Waals surface area contributed by atoms with Crippen molar-refractivity contribution in [2.24, 2.45) is 0 Å². The minimum Gasteiger partial charge on any atom is -0.493 e. The molecule has 5 nitrogen and oxygen atoms in total. The number of halogens is 3. The van der Waals surface area contributed by atoms with Gasteiger partial charge in [0.1, 0.15) is 0 Å². The Labute approximate surface area is 145 Å². The number of hydrogen-bond donors (Lipinski definition) is 1. The fourth-order valence-electron chi connectivity index (χ4n) is 2.23. The first-order chi connectivity index (χ1) is 11.9. The number of methoxy groups -OCH3 is 1. The van der Waals surface area contributed by atoms with Crippen LogP contribution in [0.25, 0.3) is 11.0 Å². The third-order valence-corrected chi connectivity index (χ3v) is 4.32. The van der Waals surface area contributed by atoms with Crippen LogP contribution in [0, 0.1) is 6.92 Å². The first-order valence-electron chi connectivity index (χ1n) is 7.22. The van der Waals surface area contributed by atoms with Crippen molar-refractivity contribution in [2.45, 2.75) is 24.2 Å². The van der Waals surface area contributed by atoms with E-state index in [2.05, 4.69) is 19.7 Å². The van der Waals surface area contributed by atoms with E-state index in [1.807, 2.05) is 19.1 Å². The molecule has 2 aromatic heterocycles. The van der Waals surface area contributed by atoms with Gasteiger partial charge < -0.3 is 14.5 Å². The fourth-order valence-corrected chi connectivity index (χ4v) is 3.15. The highest BCUT2D eigenvalue weighted by molar-refractivity contribution is 7.98. The second kappa shape index (κ2) is 6.83. The number of benzene rings is 1. The summed E-state index contributed by atoms with van der Waals surface area (Å²) in [6, 6.07) is 6.46. The van der Waals surface area contributed by atoms with Crippen LogP contribution in [0.5, 0.6) is 11.5 Å². The predicted octanol–water partition coefficient (Wildman–Crippen LogP) is 4.47. The Kier molecular flexibility index (Phi) is 4.76. The minimum atomic E-state index is -4.80. The van der Waals surface area contributed by atoms with E-state index in [1.165, 1.54) is 31.0 Å². The van der Waals surface area contributed by atoms with E-state index in [9.17, 15) is 13.2 Å². The average molecular weight is 369 g/mol. The standard InChI is InChI=1S/C16H14F3N3O2S/c1-9-4-3-5-20-12(9)8-25-15-21-10-6-13(23-2)14(7-11(10)22-15)24-16(17,18)19/h3-7H,8H2,1-2H3,(H,21,22). The predicted molar refractivity (Wildman–Crippen MR) is 87.9 cm³/mol. The van der Waals surface area contributed by atoms with Crippen molar-refractivity contribution < 1.29 is 22.6 Å². The number of H-pyrrole nitrogens is 1. The van der Waals surface area contributed by atoms with E-state index >= 15 is 0 Å². The normalized spacial score (nSPS) is 11.7. The van der Waals surface area contributed by atoms with Gasteiger partial charge in [0.2, 0.25) is 0 Å². The molecule has 0 radical (unpaired) electrons. The van der Waals surface area contributed by atoms with Crippen molar-refractivity contribution in [3.63, 3.8) is 0 Å². The summed E-state index contributed by atoms with van der Waals surface area (Å²) in [4.78, 5) is 11.7. The molecule has 0 aliphatic heterocycles. The molecule has 1 aromatic carbocycles. The number of ether oxygens (including phenoxy) is 2. The van der Waals surface area contributed by atoms with Crippen LogP contribution in [0.1, 0.15) is 11.3 Å². The summed E-state index contributed by atoms with van der Waals surface area (Å²) in [6.07, 6.45) is -3.08. The van der Waals surface area contributed by atoms with Crippen molar-refractivity contribution in [2.75, 3.05) is 7.11 Å². The third-order valence-electron chi connectivity index (χ3n) is 3.43. The highest BCUT2D eigenvalue weighted by Crippen LogP contribution is 2.36. The Morgan fingerprint density at radius 3 is 2.72 bits per heavy atom. The van der Waals surface area contributed by atoms with Crippen molar-refractivity contribution in [1.29, 1.82) is 0 Å². The SMILES string of the molecule is COc1cc2nc(SCc3ncccc3C)[nH]c2cc1OC(F)(F)F. The van der Waals surface area contributed by atoms with E-state index in [0.717, 1.165) is 11.3 Å². The zero-order chi connectivity index (χ0) is 18.0. The second-order valence-electron chi connectivity index (χ2n) is 5.17. The molecule has 0 saturated carbocycles. The van der Waals surface area contributed by atoms with Gasteiger partial charge in [-0.15, -0.1) is 13.2 Å². The van der Waals surface area contributed by atoms with Crippen LogP contribution in [0.15, 0.2) is 35.6 Å². The van der Waals surface area contributed by atoms with Gasteiger partial charge in [-0.05, 0) is 18.6 Å². The lowest BCUT2D eigenvalue weighted by Crippen LogP contribution is -2.17. The maximum absolute atomic E-state index is 12.5. The topological polar surface area (TPSA) is 60.0 Å². The molecule has 0 aliphatic rings. The van der Waals surface area contributed by atoms with Gasteiger partial charge in [-0.25, -0.2) is 4.98 Å². The molecule has 0 spiro atoms. The van der Waals surface area contributed by atoms with Gasteiger partial charge in [0.05, 0.1) is 23.8 Å². The smallest absolute Gasteiger partial charge is 0.493 e. The second-order valence-corrected chi connectivity index (χ2v) is 6.13. The van der Waals surface area contributed by atoms with Crippen LogP contribution in [-0.2, 0) is 5.75 Å². The molecule has 9 heteroatoms. The first kappa shape index (κ1) is 17.4. The first-order valence-corrected chi connectivity index (χ1v) is 8.21. The van der Waals surface area contributed by atoms with Crippen molar-refractivity contribution >= 4 is 22.8 Å². The molecule has 0 aliphatic carbocycles. The van der Waals surface area contributed by atoms with Crippen LogP contribution in [0.2, 0.25) is 0 Å². The Bertz CT molecular complexity index is 896. The van der Waals surface area contributed by atoms with Gasteiger partial charge in [-0.3, -0.25) is 4.98 Å². The maximum atomic E-state index is 12.5. The molecule has 132 valence electrons.